The summed E-state index contributed by atoms with van der Waals surface area (Å²) >= 11 is 6.63. The van der Waals surface area contributed by atoms with E-state index in [2.05, 4.69) is 13.8 Å². The molecule has 0 radical (unpaired) electrons. The Morgan fingerprint density at radius 2 is 2.00 bits per heavy atom. The first kappa shape index (κ1) is 16.2. The molecule has 2 rings (SSSR count). The molecule has 1 spiro atoms. The molecule has 114 valence electrons. The average molecular weight is 318 g/mol. The molecule has 1 heterocycles. The zero-order valence-electron chi connectivity index (χ0n) is 12.4. The standard InChI is InChI=1S/C14H22O4S2/c1-5-16-12(19)20-11-10(6-9(2)15)14(11)17-7-13(3,4)8-18-14/h10-11H,5-8H2,1-4H3/t10-,11?/m0/s1. The van der Waals surface area contributed by atoms with Gasteiger partial charge in [0, 0.05) is 17.8 Å². The van der Waals surface area contributed by atoms with Gasteiger partial charge in [-0.25, -0.2) is 0 Å². The van der Waals surface area contributed by atoms with Gasteiger partial charge in [-0.1, -0.05) is 25.6 Å². The van der Waals surface area contributed by atoms with Gasteiger partial charge in [-0.05, 0) is 26.1 Å². The highest BCUT2D eigenvalue weighted by atomic mass is 32.2. The van der Waals surface area contributed by atoms with E-state index in [9.17, 15) is 4.79 Å². The molecule has 2 atom stereocenters. The Hall–Kier alpha value is -0.170. The van der Waals surface area contributed by atoms with Crippen molar-refractivity contribution in [3.8, 4) is 0 Å². The van der Waals surface area contributed by atoms with Gasteiger partial charge in [0.1, 0.15) is 5.78 Å². The minimum absolute atomic E-state index is 0.0181. The quantitative estimate of drug-likeness (QED) is 0.743. The topological polar surface area (TPSA) is 44.8 Å². The molecule has 0 aromatic carbocycles. The van der Waals surface area contributed by atoms with Crippen molar-refractivity contribution in [2.24, 2.45) is 11.3 Å². The number of hydrogen-bond donors (Lipinski definition) is 0. The van der Waals surface area contributed by atoms with Crippen LogP contribution in [0.1, 0.15) is 34.1 Å². The monoisotopic (exact) mass is 318 g/mol. The molecule has 1 aliphatic heterocycles. The molecule has 1 saturated carbocycles. The Labute approximate surface area is 129 Å². The Balaban J connectivity index is 2.02. The van der Waals surface area contributed by atoms with E-state index in [0.29, 0.717) is 30.6 Å². The van der Waals surface area contributed by atoms with Gasteiger partial charge in [-0.3, -0.25) is 0 Å². The first-order valence-corrected chi connectivity index (χ1v) is 8.20. The third-order valence-electron chi connectivity index (χ3n) is 3.54. The van der Waals surface area contributed by atoms with Crippen LogP contribution in [0.25, 0.3) is 0 Å². The summed E-state index contributed by atoms with van der Waals surface area (Å²) in [6, 6.07) is 0. The Bertz CT molecular complexity index is 398. The molecule has 0 aromatic heterocycles. The highest BCUT2D eigenvalue weighted by Gasteiger charge is 2.70. The van der Waals surface area contributed by atoms with Crippen molar-refractivity contribution in [1.29, 1.82) is 0 Å². The van der Waals surface area contributed by atoms with Crippen LogP contribution in [0.3, 0.4) is 0 Å². The first-order chi connectivity index (χ1) is 9.31. The van der Waals surface area contributed by atoms with Crippen LogP contribution in [0.2, 0.25) is 0 Å². The number of ketones is 1. The maximum atomic E-state index is 11.4. The summed E-state index contributed by atoms with van der Waals surface area (Å²) in [5.74, 6) is -0.427. The number of carbonyl (C=O) groups is 1. The maximum Gasteiger partial charge on any atom is 0.220 e. The van der Waals surface area contributed by atoms with Gasteiger partial charge >= 0.3 is 0 Å². The van der Waals surface area contributed by atoms with Crippen LogP contribution in [-0.2, 0) is 19.0 Å². The van der Waals surface area contributed by atoms with Crippen molar-refractivity contribution < 1.29 is 19.0 Å². The normalized spacial score (nSPS) is 30.0. The molecule has 6 heteroatoms. The fraction of sp³-hybridized carbons (Fsp3) is 0.857. The summed E-state index contributed by atoms with van der Waals surface area (Å²) in [7, 11) is 0. The smallest absolute Gasteiger partial charge is 0.220 e. The van der Waals surface area contributed by atoms with E-state index in [1.54, 1.807) is 6.92 Å². The Morgan fingerprint density at radius 1 is 1.40 bits per heavy atom. The van der Waals surface area contributed by atoms with E-state index < -0.39 is 5.79 Å². The SMILES string of the molecule is CCOC(=S)SC1[C@H](CC(C)=O)C12OCC(C)(C)CO2. The third-order valence-corrected chi connectivity index (χ3v) is 5.17. The molecule has 2 fully saturated rings. The van der Waals surface area contributed by atoms with E-state index in [1.165, 1.54) is 11.8 Å². The fourth-order valence-corrected chi connectivity index (χ4v) is 4.10. The number of thioether (sulfide) groups is 1. The lowest BCUT2D eigenvalue weighted by Gasteiger charge is -2.36. The van der Waals surface area contributed by atoms with Crippen LogP contribution in [0.15, 0.2) is 0 Å². The van der Waals surface area contributed by atoms with Crippen LogP contribution in [0.4, 0.5) is 0 Å². The Morgan fingerprint density at radius 3 is 2.50 bits per heavy atom. The summed E-state index contributed by atoms with van der Waals surface area (Å²) in [4.78, 5) is 11.4. The van der Waals surface area contributed by atoms with Crippen molar-refractivity contribution in [1.82, 2.24) is 0 Å². The number of carbonyl (C=O) groups excluding carboxylic acids is 1. The lowest BCUT2D eigenvalue weighted by molar-refractivity contribution is -0.249. The molecule has 0 bridgehead atoms. The highest BCUT2D eigenvalue weighted by molar-refractivity contribution is 8.23. The molecule has 1 aliphatic carbocycles. The van der Waals surface area contributed by atoms with Crippen LogP contribution in [-0.4, -0.2) is 41.0 Å². The summed E-state index contributed by atoms with van der Waals surface area (Å²) in [6.45, 7) is 9.54. The van der Waals surface area contributed by atoms with E-state index in [0.717, 1.165) is 0 Å². The minimum Gasteiger partial charge on any atom is -0.479 e. The summed E-state index contributed by atoms with van der Waals surface area (Å²) in [5.41, 5.74) is 0.0181. The van der Waals surface area contributed by atoms with Gasteiger partial charge < -0.3 is 19.0 Å². The van der Waals surface area contributed by atoms with Crippen molar-refractivity contribution in [3.05, 3.63) is 0 Å². The number of thiocarbonyl (C=S) groups is 1. The lowest BCUT2D eigenvalue weighted by atomic mass is 9.95. The molecule has 0 amide bonds. The van der Waals surface area contributed by atoms with Gasteiger partial charge in [0.15, 0.2) is 5.79 Å². The van der Waals surface area contributed by atoms with Crippen LogP contribution in [0, 0.1) is 11.3 Å². The van der Waals surface area contributed by atoms with Gasteiger partial charge in [-0.15, -0.1) is 0 Å². The van der Waals surface area contributed by atoms with Crippen LogP contribution >= 0.6 is 24.0 Å². The summed E-state index contributed by atoms with van der Waals surface area (Å²) in [6.07, 6.45) is 0.465. The number of rotatable bonds is 4. The number of ether oxygens (including phenoxy) is 3. The van der Waals surface area contributed by atoms with E-state index in [4.69, 9.17) is 26.4 Å². The van der Waals surface area contributed by atoms with Gasteiger partial charge in [0.2, 0.25) is 4.38 Å². The minimum atomic E-state index is -0.646. The zero-order valence-corrected chi connectivity index (χ0v) is 14.1. The molecule has 2 aliphatic rings. The molecule has 1 saturated heterocycles. The van der Waals surface area contributed by atoms with E-state index in [1.807, 2.05) is 6.92 Å². The maximum absolute atomic E-state index is 11.4. The van der Waals surface area contributed by atoms with Crippen molar-refractivity contribution in [3.63, 3.8) is 0 Å². The second-order valence-electron chi connectivity index (χ2n) is 6.20. The van der Waals surface area contributed by atoms with Gasteiger partial charge in [-0.2, -0.15) is 0 Å². The van der Waals surface area contributed by atoms with Gasteiger partial charge in [0.25, 0.3) is 0 Å². The molecular formula is C14H22O4S2. The molecule has 0 N–H and O–H groups in total. The molecule has 4 nitrogen and oxygen atoms in total. The number of hydrogen-bond acceptors (Lipinski definition) is 6. The van der Waals surface area contributed by atoms with E-state index in [-0.39, 0.29) is 22.4 Å². The van der Waals surface area contributed by atoms with Crippen molar-refractivity contribution in [2.45, 2.75) is 45.2 Å². The molecule has 0 aromatic rings. The van der Waals surface area contributed by atoms with Crippen molar-refractivity contribution >= 4 is 34.1 Å². The predicted molar refractivity (Wildman–Crippen MR) is 82.8 cm³/mol. The molecule has 1 unspecified atom stereocenters. The summed E-state index contributed by atoms with van der Waals surface area (Å²) in [5, 5.41) is 0.0570. The highest BCUT2D eigenvalue weighted by Crippen LogP contribution is 2.59. The second-order valence-corrected chi connectivity index (χ2v) is 7.94. The van der Waals surface area contributed by atoms with Crippen molar-refractivity contribution in [2.75, 3.05) is 19.8 Å². The van der Waals surface area contributed by atoms with Gasteiger partial charge in [0.05, 0.1) is 25.1 Å². The Kier molecular flexibility index (Phi) is 4.79. The fourth-order valence-electron chi connectivity index (χ4n) is 2.43. The van der Waals surface area contributed by atoms with E-state index >= 15 is 0 Å². The predicted octanol–water partition coefficient (Wildman–Crippen LogP) is 2.79. The molecular weight excluding hydrogens is 296 g/mol. The lowest BCUT2D eigenvalue weighted by Crippen LogP contribution is -2.41. The zero-order chi connectivity index (χ0) is 15.0. The largest absolute Gasteiger partial charge is 0.479 e. The average Bonchev–Trinajstić information content (AvgIpc) is 2.90. The molecule has 20 heavy (non-hydrogen) atoms. The first-order valence-electron chi connectivity index (χ1n) is 6.91. The number of Topliss-reactive ketones (excluding diaryl/α,β-unsaturated/α-hetero) is 1. The second kappa shape index (κ2) is 5.91. The third kappa shape index (κ3) is 3.35. The van der Waals surface area contributed by atoms with Crippen LogP contribution in [0.5, 0.6) is 0 Å². The summed E-state index contributed by atoms with van der Waals surface area (Å²) < 4.78 is 17.8. The van der Waals surface area contributed by atoms with Crippen LogP contribution < -0.4 is 0 Å².